The maximum absolute atomic E-state index is 5.68. The molecular weight excluding hydrogens is 234 g/mol. The van der Waals surface area contributed by atoms with Gasteiger partial charge in [0.1, 0.15) is 17.8 Å². The molecule has 0 bridgehead atoms. The molecule has 0 fully saturated rings. The summed E-state index contributed by atoms with van der Waals surface area (Å²) in [5.74, 6) is 2.75. The van der Waals surface area contributed by atoms with Crippen molar-refractivity contribution in [1.82, 2.24) is 15.3 Å². The largest absolute Gasteiger partial charge is 0.464 e. The topological polar surface area (TPSA) is 51.0 Å². The van der Waals surface area contributed by atoms with Crippen LogP contribution in [0.5, 0.6) is 0 Å². The van der Waals surface area contributed by atoms with Crippen LogP contribution in [0.25, 0.3) is 0 Å². The average Bonchev–Trinajstić information content (AvgIpc) is 2.83. The minimum atomic E-state index is 0.786. The van der Waals surface area contributed by atoms with Gasteiger partial charge in [0.2, 0.25) is 0 Å². The standard InChI is InChI=1S/C12H15N3OS/c1-2-13-7-10-3-4-11(16-10)8-17-12-5-6-14-9-15-12/h3-6,9,13H,2,7-8H2,1H3. The van der Waals surface area contributed by atoms with Crippen molar-refractivity contribution in [3.63, 3.8) is 0 Å². The lowest BCUT2D eigenvalue weighted by Crippen LogP contribution is -2.10. The van der Waals surface area contributed by atoms with Crippen molar-refractivity contribution in [2.24, 2.45) is 0 Å². The number of nitrogens with one attached hydrogen (secondary N) is 1. The summed E-state index contributed by atoms with van der Waals surface area (Å²) < 4.78 is 5.68. The second-order valence-electron chi connectivity index (χ2n) is 3.48. The van der Waals surface area contributed by atoms with E-state index in [1.807, 2.05) is 18.2 Å². The van der Waals surface area contributed by atoms with Crippen molar-refractivity contribution in [2.45, 2.75) is 24.2 Å². The van der Waals surface area contributed by atoms with E-state index in [2.05, 4.69) is 22.2 Å². The fourth-order valence-corrected chi connectivity index (χ4v) is 2.08. The maximum Gasteiger partial charge on any atom is 0.117 e. The average molecular weight is 249 g/mol. The Hall–Kier alpha value is -1.33. The Kier molecular flexibility index (Phi) is 4.58. The van der Waals surface area contributed by atoms with Gasteiger partial charge < -0.3 is 9.73 Å². The number of aromatic nitrogens is 2. The lowest BCUT2D eigenvalue weighted by molar-refractivity contribution is 0.463. The van der Waals surface area contributed by atoms with Crippen LogP contribution in [0, 0.1) is 0 Å². The molecule has 0 aliphatic carbocycles. The second kappa shape index (κ2) is 6.42. The van der Waals surface area contributed by atoms with Crippen LogP contribution in [0.1, 0.15) is 18.4 Å². The summed E-state index contributed by atoms with van der Waals surface area (Å²) in [5.41, 5.74) is 0. The highest BCUT2D eigenvalue weighted by atomic mass is 32.2. The van der Waals surface area contributed by atoms with Crippen molar-refractivity contribution in [1.29, 1.82) is 0 Å². The third-order valence-corrected chi connectivity index (χ3v) is 3.15. The minimum absolute atomic E-state index is 0.786. The van der Waals surface area contributed by atoms with E-state index in [0.29, 0.717) is 0 Å². The summed E-state index contributed by atoms with van der Waals surface area (Å²) >= 11 is 1.65. The maximum atomic E-state index is 5.68. The van der Waals surface area contributed by atoms with Crippen LogP contribution in [0.3, 0.4) is 0 Å². The Morgan fingerprint density at radius 2 is 2.18 bits per heavy atom. The van der Waals surface area contributed by atoms with E-state index >= 15 is 0 Å². The highest BCUT2D eigenvalue weighted by molar-refractivity contribution is 7.98. The molecule has 2 aromatic heterocycles. The number of nitrogens with zero attached hydrogens (tertiary/aromatic N) is 2. The molecule has 1 N–H and O–H groups in total. The molecule has 0 unspecified atom stereocenters. The van der Waals surface area contributed by atoms with Crippen molar-refractivity contribution in [3.8, 4) is 0 Å². The number of rotatable bonds is 6. The summed E-state index contributed by atoms with van der Waals surface area (Å²) in [6.45, 7) is 3.81. The summed E-state index contributed by atoms with van der Waals surface area (Å²) in [4.78, 5) is 8.03. The Labute approximate surface area is 105 Å². The highest BCUT2D eigenvalue weighted by Crippen LogP contribution is 2.21. The third-order valence-electron chi connectivity index (χ3n) is 2.18. The Morgan fingerprint density at radius 1 is 1.29 bits per heavy atom. The molecule has 90 valence electrons. The zero-order chi connectivity index (χ0) is 11.9. The molecule has 0 atom stereocenters. The molecule has 0 aliphatic rings. The molecule has 0 saturated carbocycles. The van der Waals surface area contributed by atoms with Crippen LogP contribution in [-0.2, 0) is 12.3 Å². The van der Waals surface area contributed by atoms with Gasteiger partial charge in [0.15, 0.2) is 0 Å². The molecule has 0 amide bonds. The fourth-order valence-electron chi connectivity index (χ4n) is 1.35. The van der Waals surface area contributed by atoms with Gasteiger partial charge in [0.05, 0.1) is 17.3 Å². The van der Waals surface area contributed by atoms with Crippen LogP contribution in [0.15, 0.2) is 40.2 Å². The van der Waals surface area contributed by atoms with Gasteiger partial charge in [-0.05, 0) is 24.7 Å². The molecule has 2 aromatic rings. The lowest BCUT2D eigenvalue weighted by Gasteiger charge is -1.98. The normalized spacial score (nSPS) is 10.6. The van der Waals surface area contributed by atoms with Crippen molar-refractivity contribution < 1.29 is 4.42 Å². The van der Waals surface area contributed by atoms with Crippen LogP contribution in [0.2, 0.25) is 0 Å². The number of thioether (sulfide) groups is 1. The summed E-state index contributed by atoms with van der Waals surface area (Å²) in [6, 6.07) is 5.92. The van der Waals surface area contributed by atoms with Gasteiger partial charge in [-0.25, -0.2) is 9.97 Å². The molecule has 0 saturated heterocycles. The van der Waals surface area contributed by atoms with Crippen LogP contribution in [0.4, 0.5) is 0 Å². The Balaban J connectivity index is 1.85. The van der Waals surface area contributed by atoms with Gasteiger partial charge in [-0.2, -0.15) is 0 Å². The van der Waals surface area contributed by atoms with Gasteiger partial charge in [0, 0.05) is 6.20 Å². The molecule has 4 nitrogen and oxygen atoms in total. The van der Waals surface area contributed by atoms with E-state index in [4.69, 9.17) is 4.42 Å². The minimum Gasteiger partial charge on any atom is -0.464 e. The van der Waals surface area contributed by atoms with E-state index in [-0.39, 0.29) is 0 Å². The first kappa shape index (κ1) is 12.1. The van der Waals surface area contributed by atoms with Gasteiger partial charge in [-0.3, -0.25) is 0 Å². The zero-order valence-corrected chi connectivity index (χ0v) is 10.5. The van der Waals surface area contributed by atoms with E-state index in [1.54, 1.807) is 24.3 Å². The molecular formula is C12H15N3OS. The first-order valence-electron chi connectivity index (χ1n) is 5.55. The van der Waals surface area contributed by atoms with E-state index in [1.165, 1.54) is 0 Å². The molecule has 0 aliphatic heterocycles. The lowest BCUT2D eigenvalue weighted by atomic mass is 10.4. The number of hydrogen-bond acceptors (Lipinski definition) is 5. The summed E-state index contributed by atoms with van der Waals surface area (Å²) in [7, 11) is 0. The monoisotopic (exact) mass is 249 g/mol. The molecule has 0 radical (unpaired) electrons. The van der Waals surface area contributed by atoms with E-state index < -0.39 is 0 Å². The van der Waals surface area contributed by atoms with Gasteiger partial charge in [-0.15, -0.1) is 0 Å². The van der Waals surface area contributed by atoms with Gasteiger partial charge in [-0.1, -0.05) is 18.7 Å². The van der Waals surface area contributed by atoms with Crippen LogP contribution >= 0.6 is 11.8 Å². The fraction of sp³-hybridized carbons (Fsp3) is 0.333. The van der Waals surface area contributed by atoms with E-state index in [9.17, 15) is 0 Å². The first-order valence-corrected chi connectivity index (χ1v) is 6.54. The highest BCUT2D eigenvalue weighted by Gasteiger charge is 2.03. The van der Waals surface area contributed by atoms with Crippen molar-refractivity contribution in [3.05, 3.63) is 42.2 Å². The van der Waals surface area contributed by atoms with Crippen molar-refractivity contribution in [2.75, 3.05) is 6.54 Å². The quantitative estimate of drug-likeness (QED) is 0.629. The van der Waals surface area contributed by atoms with E-state index in [0.717, 1.165) is 35.4 Å². The Bertz CT molecular complexity index is 444. The first-order chi connectivity index (χ1) is 8.38. The van der Waals surface area contributed by atoms with Gasteiger partial charge in [0.25, 0.3) is 0 Å². The molecule has 2 heterocycles. The molecule has 0 spiro atoms. The summed E-state index contributed by atoms with van der Waals surface area (Å²) in [5, 5.41) is 4.19. The second-order valence-corrected chi connectivity index (χ2v) is 4.48. The predicted molar refractivity (Wildman–Crippen MR) is 67.7 cm³/mol. The number of furan rings is 1. The van der Waals surface area contributed by atoms with Crippen LogP contribution in [-0.4, -0.2) is 16.5 Å². The SMILES string of the molecule is CCNCc1ccc(CSc2ccncn2)o1. The Morgan fingerprint density at radius 3 is 2.94 bits per heavy atom. The van der Waals surface area contributed by atoms with Crippen LogP contribution < -0.4 is 5.32 Å². The number of hydrogen-bond donors (Lipinski definition) is 1. The summed E-state index contributed by atoms with van der Waals surface area (Å²) in [6.07, 6.45) is 3.30. The predicted octanol–water partition coefficient (Wildman–Crippen LogP) is 2.47. The molecule has 2 rings (SSSR count). The smallest absolute Gasteiger partial charge is 0.117 e. The third kappa shape index (κ3) is 3.87. The van der Waals surface area contributed by atoms with Crippen molar-refractivity contribution >= 4 is 11.8 Å². The molecule has 17 heavy (non-hydrogen) atoms. The zero-order valence-electron chi connectivity index (χ0n) is 9.72. The van der Waals surface area contributed by atoms with Gasteiger partial charge >= 0.3 is 0 Å². The molecule has 0 aromatic carbocycles. The molecule has 5 heteroatoms.